The minimum atomic E-state index is -0.0761. The van der Waals surface area contributed by atoms with Crippen LogP contribution < -0.4 is 5.32 Å². The Morgan fingerprint density at radius 2 is 2.36 bits per heavy atom. The minimum Gasteiger partial charge on any atom is -0.393 e. The van der Waals surface area contributed by atoms with Gasteiger partial charge >= 0.3 is 0 Å². The molecule has 0 aromatic heterocycles. The van der Waals surface area contributed by atoms with Crippen molar-refractivity contribution in [3.8, 4) is 0 Å². The van der Waals surface area contributed by atoms with Crippen molar-refractivity contribution in [2.24, 2.45) is 0 Å². The fraction of sp³-hybridized carbons (Fsp3) is 0.750. The lowest BCUT2D eigenvalue weighted by atomic mass is 9.89. The number of rotatable bonds is 3. The van der Waals surface area contributed by atoms with Gasteiger partial charge in [0.2, 0.25) is 0 Å². The minimum absolute atomic E-state index is 0.0761. The van der Waals surface area contributed by atoms with Gasteiger partial charge in [-0.25, -0.2) is 0 Å². The van der Waals surface area contributed by atoms with Gasteiger partial charge in [0.05, 0.1) is 6.10 Å². The molecule has 0 bridgehead atoms. The Balaban J connectivity index is 2.05. The van der Waals surface area contributed by atoms with Crippen LogP contribution in [0.5, 0.6) is 0 Å². The lowest BCUT2D eigenvalue weighted by Gasteiger charge is -2.32. The third-order valence-corrected chi connectivity index (χ3v) is 2.34. The molecule has 3 heteroatoms. The third-order valence-electron chi connectivity index (χ3n) is 1.97. The number of aliphatic hydroxyl groups is 1. The van der Waals surface area contributed by atoms with E-state index in [0.717, 1.165) is 25.0 Å². The van der Waals surface area contributed by atoms with Gasteiger partial charge in [0, 0.05) is 18.1 Å². The average molecular weight is 176 g/mol. The first kappa shape index (κ1) is 9.04. The average Bonchev–Trinajstić information content (AvgIpc) is 1.95. The van der Waals surface area contributed by atoms with E-state index in [1.165, 1.54) is 0 Å². The number of nitrogens with one attached hydrogen (secondary N) is 1. The molecule has 0 amide bonds. The van der Waals surface area contributed by atoms with Gasteiger partial charge in [0.25, 0.3) is 0 Å². The molecular formula is C8H14ClNO. The molecule has 64 valence electrons. The third kappa shape index (κ3) is 2.81. The smallest absolute Gasteiger partial charge is 0.0570 e. The van der Waals surface area contributed by atoms with Crippen molar-refractivity contribution < 1.29 is 5.11 Å². The van der Waals surface area contributed by atoms with Crippen molar-refractivity contribution in [3.05, 3.63) is 11.1 Å². The maximum absolute atomic E-state index is 8.96. The zero-order valence-corrected chi connectivity index (χ0v) is 7.43. The quantitative estimate of drug-likeness (QED) is 0.677. The number of halogens is 1. The van der Waals surface area contributed by atoms with Gasteiger partial charge in [-0.05, 0) is 25.3 Å². The molecule has 0 heterocycles. The zero-order chi connectivity index (χ0) is 8.27. The van der Waals surface area contributed by atoms with Crippen LogP contribution in [0, 0.1) is 0 Å². The Hall–Kier alpha value is -0.0500. The fourth-order valence-corrected chi connectivity index (χ4v) is 1.18. The van der Waals surface area contributed by atoms with Gasteiger partial charge in [0.15, 0.2) is 0 Å². The summed E-state index contributed by atoms with van der Waals surface area (Å²) in [4.78, 5) is 0. The van der Waals surface area contributed by atoms with E-state index in [2.05, 4.69) is 5.32 Å². The Labute approximate surface area is 72.2 Å². The van der Waals surface area contributed by atoms with Crippen LogP contribution >= 0.6 is 11.6 Å². The van der Waals surface area contributed by atoms with Crippen molar-refractivity contribution in [1.29, 1.82) is 0 Å². The van der Waals surface area contributed by atoms with Crippen LogP contribution in [0.3, 0.4) is 0 Å². The summed E-state index contributed by atoms with van der Waals surface area (Å²) in [6.45, 7) is 2.82. The molecular weight excluding hydrogens is 162 g/mol. The molecule has 2 N–H and O–H groups in total. The van der Waals surface area contributed by atoms with E-state index >= 15 is 0 Å². The highest BCUT2D eigenvalue weighted by atomic mass is 35.5. The second kappa shape index (κ2) is 4.10. The van der Waals surface area contributed by atoms with E-state index in [9.17, 15) is 0 Å². The summed E-state index contributed by atoms with van der Waals surface area (Å²) < 4.78 is 0. The molecule has 1 saturated carbocycles. The molecule has 0 spiro atoms. The van der Waals surface area contributed by atoms with Crippen molar-refractivity contribution in [3.63, 3.8) is 0 Å². The largest absolute Gasteiger partial charge is 0.393 e. The summed E-state index contributed by atoms with van der Waals surface area (Å²) in [6, 6.07) is 0.497. The summed E-state index contributed by atoms with van der Waals surface area (Å²) in [7, 11) is 0. The van der Waals surface area contributed by atoms with Crippen molar-refractivity contribution in [2.45, 2.75) is 31.9 Å². The zero-order valence-electron chi connectivity index (χ0n) is 6.68. The summed E-state index contributed by atoms with van der Waals surface area (Å²) in [5.41, 5.74) is 2.72. The van der Waals surface area contributed by atoms with Gasteiger partial charge in [-0.3, -0.25) is 0 Å². The molecule has 0 aromatic rings. The van der Waals surface area contributed by atoms with E-state index in [1.807, 2.05) is 6.92 Å². The van der Waals surface area contributed by atoms with Crippen LogP contribution in [0.1, 0.15) is 19.8 Å². The second-order valence-corrected chi connectivity index (χ2v) is 3.38. The molecule has 0 saturated heterocycles. The number of hydrogen-bond acceptors (Lipinski definition) is 2. The normalized spacial score (nSPS) is 31.7. The molecule has 0 atom stereocenters. The summed E-state index contributed by atoms with van der Waals surface area (Å²) >= 11 is 5.47. The van der Waals surface area contributed by atoms with Crippen molar-refractivity contribution >= 4 is 11.6 Å². The Bertz CT molecular complexity index is 152. The highest BCUT2D eigenvalue weighted by molar-refractivity contribution is 6.25. The lowest BCUT2D eigenvalue weighted by Crippen LogP contribution is -2.44. The maximum Gasteiger partial charge on any atom is 0.0570 e. The van der Waals surface area contributed by atoms with Gasteiger partial charge in [-0.15, -0.1) is 0 Å². The standard InChI is InChI=1S/C8H14ClNO/c1-6(4-9)5-10-7-2-8(11)3-7/h4,7-8,10-11H,2-3,5H2,1H3. The van der Waals surface area contributed by atoms with Crippen LogP contribution in [0.25, 0.3) is 0 Å². The van der Waals surface area contributed by atoms with E-state index in [-0.39, 0.29) is 6.10 Å². The summed E-state index contributed by atoms with van der Waals surface area (Å²) in [5.74, 6) is 0. The summed E-state index contributed by atoms with van der Waals surface area (Å²) in [6.07, 6.45) is 1.69. The van der Waals surface area contributed by atoms with E-state index < -0.39 is 0 Å². The van der Waals surface area contributed by atoms with E-state index in [0.29, 0.717) is 6.04 Å². The van der Waals surface area contributed by atoms with Gasteiger partial charge in [-0.1, -0.05) is 11.6 Å². The maximum atomic E-state index is 8.96. The molecule has 1 rings (SSSR count). The van der Waals surface area contributed by atoms with Crippen LogP contribution in [-0.2, 0) is 0 Å². The van der Waals surface area contributed by atoms with Gasteiger partial charge in [-0.2, -0.15) is 0 Å². The molecule has 1 aliphatic carbocycles. The van der Waals surface area contributed by atoms with E-state index in [1.54, 1.807) is 5.54 Å². The monoisotopic (exact) mass is 175 g/mol. The fourth-order valence-electron chi connectivity index (χ4n) is 1.10. The Morgan fingerprint density at radius 1 is 1.73 bits per heavy atom. The Morgan fingerprint density at radius 3 is 2.82 bits per heavy atom. The summed E-state index contributed by atoms with van der Waals surface area (Å²) in [5, 5.41) is 12.2. The molecule has 0 radical (unpaired) electrons. The first-order valence-electron chi connectivity index (χ1n) is 3.89. The molecule has 0 unspecified atom stereocenters. The van der Waals surface area contributed by atoms with Crippen LogP contribution in [0.4, 0.5) is 0 Å². The van der Waals surface area contributed by atoms with Crippen molar-refractivity contribution in [2.75, 3.05) is 6.54 Å². The van der Waals surface area contributed by atoms with Crippen LogP contribution in [-0.4, -0.2) is 23.8 Å². The molecule has 0 aromatic carbocycles. The van der Waals surface area contributed by atoms with Gasteiger partial charge in [0.1, 0.15) is 0 Å². The first-order chi connectivity index (χ1) is 5.22. The molecule has 1 aliphatic rings. The number of aliphatic hydroxyl groups excluding tert-OH is 1. The highest BCUT2D eigenvalue weighted by Crippen LogP contribution is 2.19. The van der Waals surface area contributed by atoms with E-state index in [4.69, 9.17) is 16.7 Å². The topological polar surface area (TPSA) is 32.3 Å². The molecule has 0 aliphatic heterocycles. The molecule has 2 nitrogen and oxygen atoms in total. The Kier molecular flexibility index (Phi) is 3.37. The predicted octanol–water partition coefficient (Wildman–Crippen LogP) is 1.24. The second-order valence-electron chi connectivity index (χ2n) is 3.16. The lowest BCUT2D eigenvalue weighted by molar-refractivity contribution is 0.0638. The predicted molar refractivity (Wildman–Crippen MR) is 46.6 cm³/mol. The highest BCUT2D eigenvalue weighted by Gasteiger charge is 2.25. The molecule has 1 fully saturated rings. The van der Waals surface area contributed by atoms with Crippen LogP contribution in [0.15, 0.2) is 11.1 Å². The first-order valence-corrected chi connectivity index (χ1v) is 4.33. The molecule has 11 heavy (non-hydrogen) atoms. The van der Waals surface area contributed by atoms with Crippen molar-refractivity contribution in [1.82, 2.24) is 5.32 Å². The number of hydrogen-bond donors (Lipinski definition) is 2. The SMILES string of the molecule is CC(=CCl)CNC1CC(O)C1. The van der Waals surface area contributed by atoms with Gasteiger partial charge < -0.3 is 10.4 Å². The van der Waals surface area contributed by atoms with Crippen LogP contribution in [0.2, 0.25) is 0 Å².